The van der Waals surface area contributed by atoms with E-state index < -0.39 is 0 Å². The van der Waals surface area contributed by atoms with Gasteiger partial charge in [-0.3, -0.25) is 4.79 Å². The fourth-order valence-corrected chi connectivity index (χ4v) is 1.17. The fourth-order valence-electron chi connectivity index (χ4n) is 1.17. The number of carbonyl (C=O) groups excluding carboxylic acids is 1. The van der Waals surface area contributed by atoms with Crippen LogP contribution >= 0.6 is 0 Å². The van der Waals surface area contributed by atoms with Crippen LogP contribution in [0.1, 0.15) is 1.43 Å². The van der Waals surface area contributed by atoms with Crippen molar-refractivity contribution in [3.8, 4) is 0 Å². The first-order valence-electron chi connectivity index (χ1n) is 3.47. The van der Waals surface area contributed by atoms with Crippen LogP contribution in [0.3, 0.4) is 0 Å². The predicted molar refractivity (Wildman–Crippen MR) is 44.7 cm³/mol. The van der Waals surface area contributed by atoms with Crippen molar-refractivity contribution in [2.24, 2.45) is 0 Å². The van der Waals surface area contributed by atoms with Gasteiger partial charge in [0.1, 0.15) is 0 Å². The summed E-state index contributed by atoms with van der Waals surface area (Å²) in [5.41, 5.74) is 1.98. The number of hydrogen-bond acceptors (Lipinski definition) is 3. The lowest BCUT2D eigenvalue weighted by atomic mass is 10.3. The minimum absolute atomic E-state index is 0. The molecule has 1 aliphatic heterocycles. The Labute approximate surface area is 65.9 Å². The number of benzene rings is 1. The van der Waals surface area contributed by atoms with Gasteiger partial charge in [0.25, 0.3) is 0 Å². The van der Waals surface area contributed by atoms with Gasteiger partial charge in [0.15, 0.2) is 12.5 Å². The summed E-state index contributed by atoms with van der Waals surface area (Å²) < 4.78 is 0. The van der Waals surface area contributed by atoms with E-state index >= 15 is 0 Å². The maximum Gasteiger partial charge on any atom is 1.00 e. The molecule has 1 aliphatic rings. The lowest BCUT2D eigenvalue weighted by molar-refractivity contribution is -0.107. The van der Waals surface area contributed by atoms with Gasteiger partial charge in [0.05, 0.1) is 11.4 Å². The summed E-state index contributed by atoms with van der Waals surface area (Å²) in [6.07, 6.45) is 0.590. The molecule has 0 unspecified atom stereocenters. The third-order valence-corrected chi connectivity index (χ3v) is 1.69. The van der Waals surface area contributed by atoms with E-state index in [1.165, 1.54) is 0 Å². The quantitative estimate of drug-likeness (QED) is 0.589. The molecule has 3 heteroatoms. The highest BCUT2D eigenvalue weighted by molar-refractivity contribution is 5.82. The molecule has 3 nitrogen and oxygen atoms in total. The highest BCUT2D eigenvalue weighted by Gasteiger charge is 2.16. The van der Waals surface area contributed by atoms with Crippen LogP contribution in [0.25, 0.3) is 0 Å². The molecule has 2 N–H and O–H groups in total. The van der Waals surface area contributed by atoms with E-state index in [0.717, 1.165) is 17.7 Å². The molecule has 0 saturated heterocycles. The molecule has 1 aromatic carbocycles. The van der Waals surface area contributed by atoms with Crippen LogP contribution in [-0.2, 0) is 4.79 Å². The lowest BCUT2D eigenvalue weighted by Gasteiger charge is -2.00. The molecule has 0 amide bonds. The van der Waals surface area contributed by atoms with E-state index in [1.807, 2.05) is 24.3 Å². The Bertz CT molecular complexity index is 265. The smallest absolute Gasteiger partial charge is 0.358 e. The zero-order chi connectivity index (χ0) is 7.68. The fraction of sp³-hybridized carbons (Fsp3) is 0.125. The van der Waals surface area contributed by atoms with Crippen LogP contribution in [0.2, 0.25) is 0 Å². The van der Waals surface area contributed by atoms with E-state index in [4.69, 9.17) is 0 Å². The summed E-state index contributed by atoms with van der Waals surface area (Å²) in [6.45, 7) is 0. The average Bonchev–Trinajstić information content (AvgIpc) is 2.46. The highest BCUT2D eigenvalue weighted by Crippen LogP contribution is 2.26. The molecule has 1 aromatic rings. The minimum atomic E-state index is -0.257. The first kappa shape index (κ1) is 6.22. The summed E-state index contributed by atoms with van der Waals surface area (Å²) in [7, 11) is 0. The van der Waals surface area contributed by atoms with Gasteiger partial charge in [0.2, 0.25) is 0 Å². The molecular formula is C8H9N2O+. The van der Waals surface area contributed by atoms with Gasteiger partial charge in [-0.1, -0.05) is 12.1 Å². The van der Waals surface area contributed by atoms with Crippen LogP contribution < -0.4 is 10.6 Å². The molecule has 2 rings (SSSR count). The first-order chi connectivity index (χ1) is 5.40. The van der Waals surface area contributed by atoms with Crippen LogP contribution in [0.15, 0.2) is 24.3 Å². The normalized spacial score (nSPS) is 14.9. The van der Waals surface area contributed by atoms with Crippen molar-refractivity contribution in [2.75, 3.05) is 10.6 Å². The zero-order valence-corrected chi connectivity index (χ0v) is 5.87. The summed E-state index contributed by atoms with van der Waals surface area (Å²) in [5, 5.41) is 6.01. The van der Waals surface area contributed by atoms with Crippen molar-refractivity contribution in [3.05, 3.63) is 24.3 Å². The maximum atomic E-state index is 10.4. The molecule has 0 aliphatic carbocycles. The Morgan fingerprint density at radius 2 is 1.82 bits per heavy atom. The Morgan fingerprint density at radius 3 is 2.27 bits per heavy atom. The maximum absolute atomic E-state index is 10.4. The number of rotatable bonds is 1. The van der Waals surface area contributed by atoms with E-state index in [-0.39, 0.29) is 7.59 Å². The number of nitrogens with one attached hydrogen (secondary N) is 2. The highest BCUT2D eigenvalue weighted by atomic mass is 16.1. The molecule has 0 aromatic heterocycles. The molecule has 56 valence electrons. The standard InChI is InChI=1S/C8H8N2O/c11-5-8-9-6-3-1-2-4-7(6)10-8/h1-5,8-10H/p+1. The number of hydrogen-bond donors (Lipinski definition) is 2. The number of para-hydroxylation sites is 2. The average molecular weight is 149 g/mol. The van der Waals surface area contributed by atoms with Gasteiger partial charge in [0, 0.05) is 0 Å². The Kier molecular flexibility index (Phi) is 1.28. The van der Waals surface area contributed by atoms with Crippen LogP contribution in [0, 0.1) is 0 Å². The number of aldehydes is 1. The molecule has 0 spiro atoms. The van der Waals surface area contributed by atoms with E-state index in [1.54, 1.807) is 0 Å². The van der Waals surface area contributed by atoms with Crippen molar-refractivity contribution < 1.29 is 6.22 Å². The minimum Gasteiger partial charge on any atom is -0.358 e. The molecule has 1 heterocycles. The second kappa shape index (κ2) is 2.27. The van der Waals surface area contributed by atoms with Crippen molar-refractivity contribution in [1.82, 2.24) is 0 Å². The van der Waals surface area contributed by atoms with Gasteiger partial charge >= 0.3 is 1.43 Å². The second-order valence-corrected chi connectivity index (χ2v) is 2.45. The largest absolute Gasteiger partial charge is 1.00 e. The summed E-state index contributed by atoms with van der Waals surface area (Å²) in [6, 6.07) is 7.74. The van der Waals surface area contributed by atoms with E-state index in [9.17, 15) is 4.79 Å². The predicted octanol–water partition coefficient (Wildman–Crippen LogP) is 1.16. The Balaban J connectivity index is 0.000000720. The first-order valence-corrected chi connectivity index (χ1v) is 3.47. The lowest BCUT2D eigenvalue weighted by Crippen LogP contribution is -2.22. The van der Waals surface area contributed by atoms with E-state index in [0.29, 0.717) is 0 Å². The van der Waals surface area contributed by atoms with Crippen molar-refractivity contribution in [3.63, 3.8) is 0 Å². The Morgan fingerprint density at radius 1 is 1.27 bits per heavy atom. The van der Waals surface area contributed by atoms with Crippen molar-refractivity contribution in [1.29, 1.82) is 0 Å². The third kappa shape index (κ3) is 0.941. The molecule has 0 fully saturated rings. The van der Waals surface area contributed by atoms with Gasteiger partial charge in [-0.2, -0.15) is 0 Å². The Hall–Kier alpha value is -1.51. The number of carbonyl (C=O) groups is 1. The number of fused-ring (bicyclic) bond motifs is 1. The zero-order valence-electron chi connectivity index (χ0n) is 6.87. The van der Waals surface area contributed by atoms with Crippen LogP contribution in [0.5, 0.6) is 0 Å². The molecule has 0 atom stereocenters. The number of anilines is 2. The van der Waals surface area contributed by atoms with Gasteiger partial charge in [-0.05, 0) is 12.1 Å². The molecule has 0 bridgehead atoms. The monoisotopic (exact) mass is 149 g/mol. The summed E-state index contributed by atoms with van der Waals surface area (Å²) >= 11 is 0. The van der Waals surface area contributed by atoms with Crippen LogP contribution in [-0.4, -0.2) is 12.5 Å². The van der Waals surface area contributed by atoms with Gasteiger partial charge in [-0.25, -0.2) is 0 Å². The van der Waals surface area contributed by atoms with Gasteiger partial charge in [-0.15, -0.1) is 0 Å². The van der Waals surface area contributed by atoms with Crippen molar-refractivity contribution >= 4 is 17.7 Å². The second-order valence-electron chi connectivity index (χ2n) is 2.45. The molecule has 0 saturated carbocycles. The van der Waals surface area contributed by atoms with Crippen LogP contribution in [0.4, 0.5) is 11.4 Å². The van der Waals surface area contributed by atoms with Crippen molar-refractivity contribution in [2.45, 2.75) is 6.17 Å². The molecule has 11 heavy (non-hydrogen) atoms. The summed E-state index contributed by atoms with van der Waals surface area (Å²) in [5.74, 6) is 0. The van der Waals surface area contributed by atoms with E-state index in [2.05, 4.69) is 10.6 Å². The molecule has 0 radical (unpaired) electrons. The van der Waals surface area contributed by atoms with Gasteiger partial charge < -0.3 is 10.6 Å². The SMILES string of the molecule is O=CC1Nc2ccccc2N1.[H+]. The topological polar surface area (TPSA) is 41.1 Å². The third-order valence-electron chi connectivity index (χ3n) is 1.69. The summed E-state index contributed by atoms with van der Waals surface area (Å²) in [4.78, 5) is 10.4. The molecular weight excluding hydrogens is 140 g/mol.